The van der Waals surface area contributed by atoms with Crippen LogP contribution in [0.15, 0.2) is 83.3 Å². The fourth-order valence-electron chi connectivity index (χ4n) is 3.88. The van der Waals surface area contributed by atoms with Crippen LogP contribution in [0.1, 0.15) is 28.5 Å². The number of aromatic nitrogens is 1. The normalized spacial score (nSPS) is 10.6. The quantitative estimate of drug-likeness (QED) is 0.253. The molecule has 0 spiro atoms. The molecule has 0 aliphatic rings. The van der Waals surface area contributed by atoms with Crippen molar-refractivity contribution in [3.8, 4) is 17.2 Å². The Morgan fingerprint density at radius 2 is 1.59 bits per heavy atom. The Kier molecular flexibility index (Phi) is 9.18. The molecule has 0 atom stereocenters. The lowest BCUT2D eigenvalue weighted by molar-refractivity contribution is -0.138. The van der Waals surface area contributed by atoms with E-state index in [0.717, 1.165) is 21.9 Å². The summed E-state index contributed by atoms with van der Waals surface area (Å²) in [5.74, 6) is 1.72. The predicted molar refractivity (Wildman–Crippen MR) is 143 cm³/mol. The lowest BCUT2D eigenvalue weighted by Crippen LogP contribution is -2.37. The Labute approximate surface area is 226 Å². The summed E-state index contributed by atoms with van der Waals surface area (Å²) in [6.45, 7) is 3.97. The number of carboxylic acids is 1. The zero-order chi connectivity index (χ0) is 27.6. The second-order valence-corrected chi connectivity index (χ2v) is 8.85. The molecular weight excluding hydrogens is 500 g/mol. The molecule has 0 saturated carbocycles. The topological polar surface area (TPSA) is 111 Å². The molecule has 4 aromatic rings. The molecule has 0 unspecified atom stereocenters. The number of nitrogens with zero attached hydrogens (tertiary/aromatic N) is 2. The van der Waals surface area contributed by atoms with Crippen LogP contribution in [0.3, 0.4) is 0 Å². The van der Waals surface area contributed by atoms with Gasteiger partial charge >= 0.3 is 12.1 Å². The highest BCUT2D eigenvalue weighted by atomic mass is 16.6. The molecule has 3 aromatic carbocycles. The Morgan fingerprint density at radius 3 is 2.28 bits per heavy atom. The van der Waals surface area contributed by atoms with Crippen LogP contribution < -0.4 is 14.2 Å². The van der Waals surface area contributed by atoms with Gasteiger partial charge in [0.2, 0.25) is 0 Å². The van der Waals surface area contributed by atoms with Crippen molar-refractivity contribution in [2.75, 3.05) is 13.2 Å². The van der Waals surface area contributed by atoms with Crippen molar-refractivity contribution in [3.05, 3.63) is 107 Å². The van der Waals surface area contributed by atoms with E-state index >= 15 is 0 Å². The third kappa shape index (κ3) is 8.36. The van der Waals surface area contributed by atoms with Gasteiger partial charge in [-0.1, -0.05) is 42.5 Å². The zero-order valence-electron chi connectivity index (χ0n) is 21.8. The van der Waals surface area contributed by atoms with Crippen LogP contribution in [-0.4, -0.2) is 40.2 Å². The highest BCUT2D eigenvalue weighted by Crippen LogP contribution is 2.21. The number of oxazole rings is 1. The number of aliphatic carboxylic acids is 1. The number of carbonyl (C=O) groups excluding carboxylic acids is 1. The molecule has 0 aliphatic heterocycles. The molecule has 0 saturated heterocycles. The van der Waals surface area contributed by atoms with Crippen LogP contribution in [0.2, 0.25) is 0 Å². The van der Waals surface area contributed by atoms with E-state index in [9.17, 15) is 14.7 Å². The summed E-state index contributed by atoms with van der Waals surface area (Å²) in [5, 5.41) is 9.37. The molecule has 1 aromatic heterocycles. The van der Waals surface area contributed by atoms with E-state index < -0.39 is 18.6 Å². The molecule has 9 nitrogen and oxygen atoms in total. The fourth-order valence-corrected chi connectivity index (χ4v) is 3.88. The van der Waals surface area contributed by atoms with E-state index in [1.807, 2.05) is 37.3 Å². The van der Waals surface area contributed by atoms with Crippen molar-refractivity contribution in [3.63, 3.8) is 0 Å². The SMILES string of the molecule is Cc1nc(CCOc2cccc(CN(CC(=O)O)C(=O)Oc3ccc(OCc4ccccc4)cc3)c2)c(C)o1. The number of ether oxygens (including phenoxy) is 3. The molecule has 202 valence electrons. The minimum absolute atomic E-state index is 0.0300. The first kappa shape index (κ1) is 27.3. The third-order valence-electron chi connectivity index (χ3n) is 5.74. The van der Waals surface area contributed by atoms with E-state index in [1.54, 1.807) is 55.5 Å². The van der Waals surface area contributed by atoms with Gasteiger partial charge in [-0.25, -0.2) is 9.78 Å². The Hall–Kier alpha value is -4.79. The standard InChI is InChI=1S/C30H30N2O7/c1-21-28(31-22(2)38-21)15-16-36-27-10-6-9-24(17-27)18-32(19-29(33)34)30(35)39-26-13-11-25(12-14-26)37-20-23-7-4-3-5-8-23/h3-14,17H,15-16,18-20H2,1-2H3,(H,33,34). The molecule has 1 amide bonds. The number of rotatable bonds is 12. The molecule has 9 heteroatoms. The largest absolute Gasteiger partial charge is 0.493 e. The lowest BCUT2D eigenvalue weighted by Gasteiger charge is -2.20. The minimum Gasteiger partial charge on any atom is -0.493 e. The summed E-state index contributed by atoms with van der Waals surface area (Å²) in [5.41, 5.74) is 2.57. The number of amides is 1. The summed E-state index contributed by atoms with van der Waals surface area (Å²) in [7, 11) is 0. The van der Waals surface area contributed by atoms with Crippen molar-refractivity contribution in [2.24, 2.45) is 0 Å². The van der Waals surface area contributed by atoms with Crippen LogP contribution in [0.5, 0.6) is 17.2 Å². The molecular formula is C30H30N2O7. The maximum Gasteiger partial charge on any atom is 0.416 e. The molecule has 39 heavy (non-hydrogen) atoms. The molecule has 4 rings (SSSR count). The van der Waals surface area contributed by atoms with E-state index in [4.69, 9.17) is 18.6 Å². The summed E-state index contributed by atoms with van der Waals surface area (Å²) in [6, 6.07) is 23.5. The van der Waals surface area contributed by atoms with Gasteiger partial charge in [-0.15, -0.1) is 0 Å². The Morgan fingerprint density at radius 1 is 0.872 bits per heavy atom. The van der Waals surface area contributed by atoms with Gasteiger partial charge in [0.25, 0.3) is 0 Å². The van der Waals surface area contributed by atoms with E-state index in [0.29, 0.717) is 42.6 Å². The average Bonchev–Trinajstić information content (AvgIpc) is 3.25. The fraction of sp³-hybridized carbons (Fsp3) is 0.233. The van der Waals surface area contributed by atoms with Crippen LogP contribution in [0.25, 0.3) is 0 Å². The first-order chi connectivity index (χ1) is 18.9. The molecule has 0 aliphatic carbocycles. The minimum atomic E-state index is -1.15. The Balaban J connectivity index is 1.33. The highest BCUT2D eigenvalue weighted by Gasteiger charge is 2.20. The molecule has 1 heterocycles. The van der Waals surface area contributed by atoms with Crippen LogP contribution in [0.4, 0.5) is 4.79 Å². The lowest BCUT2D eigenvalue weighted by atomic mass is 10.2. The van der Waals surface area contributed by atoms with Gasteiger partial charge < -0.3 is 23.7 Å². The number of benzene rings is 3. The third-order valence-corrected chi connectivity index (χ3v) is 5.74. The Bertz CT molecular complexity index is 1380. The summed E-state index contributed by atoms with van der Waals surface area (Å²) in [4.78, 5) is 29.8. The molecule has 0 bridgehead atoms. The first-order valence-electron chi connectivity index (χ1n) is 12.5. The highest BCUT2D eigenvalue weighted by molar-refractivity contribution is 5.78. The van der Waals surface area contributed by atoms with Crippen LogP contribution >= 0.6 is 0 Å². The summed E-state index contributed by atoms with van der Waals surface area (Å²) in [6.07, 6.45) is -0.195. The number of aryl methyl sites for hydroxylation is 2. The van der Waals surface area contributed by atoms with Crippen LogP contribution in [-0.2, 0) is 24.4 Å². The second-order valence-electron chi connectivity index (χ2n) is 8.85. The number of carboxylic acid groups (broad SMARTS) is 1. The first-order valence-corrected chi connectivity index (χ1v) is 12.5. The van der Waals surface area contributed by atoms with Gasteiger partial charge in [-0.05, 0) is 54.4 Å². The zero-order valence-corrected chi connectivity index (χ0v) is 21.8. The van der Waals surface area contributed by atoms with Crippen molar-refractivity contribution >= 4 is 12.1 Å². The van der Waals surface area contributed by atoms with Gasteiger partial charge in [0.05, 0.1) is 12.3 Å². The monoisotopic (exact) mass is 530 g/mol. The van der Waals surface area contributed by atoms with E-state index in [1.165, 1.54) is 0 Å². The second kappa shape index (κ2) is 13.1. The van der Waals surface area contributed by atoms with Gasteiger partial charge in [0, 0.05) is 19.9 Å². The smallest absolute Gasteiger partial charge is 0.416 e. The number of hydrogen-bond acceptors (Lipinski definition) is 7. The summed E-state index contributed by atoms with van der Waals surface area (Å²) < 4.78 is 22.5. The van der Waals surface area contributed by atoms with E-state index in [-0.39, 0.29) is 12.3 Å². The maximum atomic E-state index is 12.9. The van der Waals surface area contributed by atoms with Crippen molar-refractivity contribution in [1.29, 1.82) is 0 Å². The van der Waals surface area contributed by atoms with Gasteiger partial charge in [0.1, 0.15) is 36.2 Å². The van der Waals surface area contributed by atoms with Gasteiger partial charge in [-0.3, -0.25) is 9.69 Å². The predicted octanol–water partition coefficient (Wildman–Crippen LogP) is 5.58. The van der Waals surface area contributed by atoms with Crippen molar-refractivity contribution in [1.82, 2.24) is 9.88 Å². The van der Waals surface area contributed by atoms with Crippen molar-refractivity contribution in [2.45, 2.75) is 33.4 Å². The number of carbonyl (C=O) groups is 2. The molecule has 0 fully saturated rings. The summed E-state index contributed by atoms with van der Waals surface area (Å²) >= 11 is 0. The molecule has 1 N–H and O–H groups in total. The van der Waals surface area contributed by atoms with Crippen LogP contribution in [0, 0.1) is 13.8 Å². The number of hydrogen-bond donors (Lipinski definition) is 1. The van der Waals surface area contributed by atoms with Crippen molar-refractivity contribution < 1.29 is 33.3 Å². The van der Waals surface area contributed by atoms with Gasteiger partial charge in [-0.2, -0.15) is 0 Å². The average molecular weight is 531 g/mol. The van der Waals surface area contributed by atoms with E-state index in [2.05, 4.69) is 4.98 Å². The van der Waals surface area contributed by atoms with Gasteiger partial charge in [0.15, 0.2) is 5.89 Å². The maximum absolute atomic E-state index is 12.9. The molecule has 0 radical (unpaired) electrons.